The number of methoxy groups -OCH3 is 1. The zero-order chi connectivity index (χ0) is 16.2. The first-order chi connectivity index (χ1) is 11.2. The molecular weight excluding hydrogens is 363 g/mol. The summed E-state index contributed by atoms with van der Waals surface area (Å²) in [6, 6.07) is 7.74. The van der Waals surface area contributed by atoms with Crippen LogP contribution in [0, 0.1) is 6.92 Å². The third-order valence-electron chi connectivity index (χ3n) is 4.14. The van der Waals surface area contributed by atoms with Gasteiger partial charge in [0, 0.05) is 31.4 Å². The van der Waals surface area contributed by atoms with Crippen molar-refractivity contribution in [3.63, 3.8) is 0 Å². The van der Waals surface area contributed by atoms with E-state index in [0.717, 1.165) is 17.9 Å². The number of nitrogens with one attached hydrogen (secondary N) is 1. The van der Waals surface area contributed by atoms with E-state index in [9.17, 15) is 4.79 Å². The van der Waals surface area contributed by atoms with E-state index in [1.165, 1.54) is 6.33 Å². The Hall–Kier alpha value is -1.89. The summed E-state index contributed by atoms with van der Waals surface area (Å²) in [7, 11) is 1.65. The molecular formula is C17H22Cl2N4O2. The molecule has 0 radical (unpaired) electrons. The molecule has 8 heteroatoms. The van der Waals surface area contributed by atoms with Gasteiger partial charge in [0.05, 0.1) is 24.4 Å². The molecule has 1 N–H and O–H groups in total. The van der Waals surface area contributed by atoms with Crippen LogP contribution in [-0.2, 0) is 0 Å². The fourth-order valence-corrected chi connectivity index (χ4v) is 2.92. The predicted molar refractivity (Wildman–Crippen MR) is 101 cm³/mol. The van der Waals surface area contributed by atoms with E-state index in [1.54, 1.807) is 13.3 Å². The number of benzene rings is 1. The Morgan fingerprint density at radius 3 is 2.80 bits per heavy atom. The number of piperazine rings is 1. The van der Waals surface area contributed by atoms with Crippen molar-refractivity contribution in [3.8, 4) is 5.75 Å². The number of rotatable bonds is 3. The number of aryl methyl sites for hydroxylation is 1. The van der Waals surface area contributed by atoms with Crippen LogP contribution in [0.1, 0.15) is 27.7 Å². The lowest BCUT2D eigenvalue weighted by atomic mass is 10.0. The fourth-order valence-electron chi connectivity index (χ4n) is 2.92. The molecule has 1 aliphatic heterocycles. The summed E-state index contributed by atoms with van der Waals surface area (Å²) in [5.41, 5.74) is 2.25. The van der Waals surface area contributed by atoms with Gasteiger partial charge in [-0.3, -0.25) is 4.79 Å². The molecule has 1 aliphatic rings. The lowest BCUT2D eigenvalue weighted by Crippen LogP contribution is -2.49. The van der Waals surface area contributed by atoms with Gasteiger partial charge in [0.1, 0.15) is 12.1 Å². The van der Waals surface area contributed by atoms with Crippen molar-refractivity contribution in [2.45, 2.75) is 13.0 Å². The van der Waals surface area contributed by atoms with E-state index in [4.69, 9.17) is 4.74 Å². The maximum Gasteiger partial charge on any atom is 0.257 e. The van der Waals surface area contributed by atoms with Crippen molar-refractivity contribution in [1.82, 2.24) is 20.2 Å². The van der Waals surface area contributed by atoms with Crippen molar-refractivity contribution in [3.05, 3.63) is 53.6 Å². The molecule has 0 spiro atoms. The first-order valence-electron chi connectivity index (χ1n) is 7.63. The van der Waals surface area contributed by atoms with Gasteiger partial charge in [-0.25, -0.2) is 9.97 Å². The number of para-hydroxylation sites is 1. The topological polar surface area (TPSA) is 67.3 Å². The summed E-state index contributed by atoms with van der Waals surface area (Å²) in [6.07, 6.45) is 3.05. The van der Waals surface area contributed by atoms with Crippen LogP contribution in [0.15, 0.2) is 36.8 Å². The highest BCUT2D eigenvalue weighted by atomic mass is 35.5. The van der Waals surface area contributed by atoms with Crippen LogP contribution in [0.5, 0.6) is 5.75 Å². The van der Waals surface area contributed by atoms with E-state index in [2.05, 4.69) is 15.3 Å². The number of hydrogen-bond donors (Lipinski definition) is 1. The first-order valence-corrected chi connectivity index (χ1v) is 7.63. The van der Waals surface area contributed by atoms with Gasteiger partial charge in [0.25, 0.3) is 5.91 Å². The molecule has 1 amide bonds. The van der Waals surface area contributed by atoms with Gasteiger partial charge in [-0.2, -0.15) is 0 Å². The summed E-state index contributed by atoms with van der Waals surface area (Å²) in [4.78, 5) is 23.0. The molecule has 2 heterocycles. The molecule has 0 bridgehead atoms. The van der Waals surface area contributed by atoms with Crippen LogP contribution in [0.4, 0.5) is 0 Å². The minimum Gasteiger partial charge on any atom is -0.496 e. The smallest absolute Gasteiger partial charge is 0.257 e. The highest BCUT2D eigenvalue weighted by Gasteiger charge is 2.31. The number of aromatic nitrogens is 2. The molecule has 0 aliphatic carbocycles. The lowest BCUT2D eigenvalue weighted by molar-refractivity contribution is 0.0630. The van der Waals surface area contributed by atoms with E-state index in [-0.39, 0.29) is 36.8 Å². The summed E-state index contributed by atoms with van der Waals surface area (Å²) >= 11 is 0. The second-order valence-corrected chi connectivity index (χ2v) is 5.48. The second-order valence-electron chi connectivity index (χ2n) is 5.48. The van der Waals surface area contributed by atoms with Gasteiger partial charge in [-0.05, 0) is 13.0 Å². The molecule has 1 atom stereocenters. The van der Waals surface area contributed by atoms with E-state index >= 15 is 0 Å². The molecule has 136 valence electrons. The average Bonchev–Trinajstić information content (AvgIpc) is 2.61. The minimum atomic E-state index is -0.0768. The molecule has 6 nitrogen and oxygen atoms in total. The number of halogens is 2. The van der Waals surface area contributed by atoms with Crippen LogP contribution in [0.3, 0.4) is 0 Å². The number of carbonyl (C=O) groups excluding carboxylic acids is 1. The Morgan fingerprint density at radius 2 is 2.08 bits per heavy atom. The summed E-state index contributed by atoms with van der Waals surface area (Å²) in [5.74, 6) is 0.750. The molecule has 1 aromatic heterocycles. The SMILES string of the molecule is COc1ccccc1C1CNCCN1C(=O)c1cncnc1C.Cl.Cl. The Balaban J connectivity index is 0.00000156. The van der Waals surface area contributed by atoms with Gasteiger partial charge in [-0.1, -0.05) is 18.2 Å². The van der Waals surface area contributed by atoms with Crippen molar-refractivity contribution < 1.29 is 9.53 Å². The Bertz CT molecular complexity index is 715. The zero-order valence-electron chi connectivity index (χ0n) is 14.1. The third-order valence-corrected chi connectivity index (χ3v) is 4.14. The monoisotopic (exact) mass is 384 g/mol. The van der Waals surface area contributed by atoms with Crippen LogP contribution in [-0.4, -0.2) is 47.5 Å². The van der Waals surface area contributed by atoms with E-state index in [0.29, 0.717) is 24.3 Å². The maximum absolute atomic E-state index is 13.0. The standard InChI is InChI=1S/C17H20N4O2.2ClH/c1-12-14(9-19-11-20-12)17(22)21-8-7-18-10-15(21)13-5-3-4-6-16(13)23-2;;/h3-6,9,11,15,18H,7-8,10H2,1-2H3;2*1H. The van der Waals surface area contributed by atoms with Gasteiger partial charge in [-0.15, -0.1) is 24.8 Å². The zero-order valence-corrected chi connectivity index (χ0v) is 15.8. The molecule has 3 rings (SSSR count). The van der Waals surface area contributed by atoms with Gasteiger partial charge in [0.2, 0.25) is 0 Å². The number of ether oxygens (including phenoxy) is 1. The first kappa shape index (κ1) is 21.2. The largest absolute Gasteiger partial charge is 0.496 e. The van der Waals surface area contributed by atoms with Gasteiger partial charge < -0.3 is 15.0 Å². The fraction of sp³-hybridized carbons (Fsp3) is 0.353. The summed E-state index contributed by atoms with van der Waals surface area (Å²) in [6.45, 7) is 3.92. The van der Waals surface area contributed by atoms with Crippen molar-refractivity contribution >= 4 is 30.7 Å². The lowest BCUT2D eigenvalue weighted by Gasteiger charge is -2.37. The van der Waals surface area contributed by atoms with Crippen LogP contribution >= 0.6 is 24.8 Å². The maximum atomic E-state index is 13.0. The van der Waals surface area contributed by atoms with Crippen LogP contribution in [0.25, 0.3) is 0 Å². The summed E-state index contributed by atoms with van der Waals surface area (Å²) in [5, 5.41) is 3.35. The van der Waals surface area contributed by atoms with Gasteiger partial charge >= 0.3 is 0 Å². The molecule has 0 saturated carbocycles. The quantitative estimate of drug-likeness (QED) is 0.879. The highest BCUT2D eigenvalue weighted by Crippen LogP contribution is 2.31. The summed E-state index contributed by atoms with van der Waals surface area (Å²) < 4.78 is 5.47. The molecule has 1 fully saturated rings. The Kier molecular flexibility index (Phi) is 8.09. The normalized spacial score (nSPS) is 16.4. The third kappa shape index (κ3) is 4.39. The highest BCUT2D eigenvalue weighted by molar-refractivity contribution is 5.95. The number of nitrogens with zero attached hydrogens (tertiary/aromatic N) is 3. The van der Waals surface area contributed by atoms with Crippen LogP contribution < -0.4 is 10.1 Å². The number of hydrogen-bond acceptors (Lipinski definition) is 5. The average molecular weight is 385 g/mol. The Morgan fingerprint density at radius 1 is 1.32 bits per heavy atom. The van der Waals surface area contributed by atoms with Crippen molar-refractivity contribution in [1.29, 1.82) is 0 Å². The van der Waals surface area contributed by atoms with E-state index < -0.39 is 0 Å². The predicted octanol–water partition coefficient (Wildman–Crippen LogP) is 2.42. The number of amides is 1. The molecule has 1 aromatic carbocycles. The molecule has 1 saturated heterocycles. The molecule has 1 unspecified atom stereocenters. The molecule has 2 aromatic rings. The minimum absolute atomic E-state index is 0. The van der Waals surface area contributed by atoms with Crippen molar-refractivity contribution in [2.75, 3.05) is 26.7 Å². The molecule has 25 heavy (non-hydrogen) atoms. The van der Waals surface area contributed by atoms with E-state index in [1.807, 2.05) is 36.1 Å². The Labute approximate surface area is 159 Å². The van der Waals surface area contributed by atoms with Crippen LogP contribution in [0.2, 0.25) is 0 Å². The van der Waals surface area contributed by atoms with Crippen molar-refractivity contribution in [2.24, 2.45) is 0 Å². The second kappa shape index (κ2) is 9.56. The van der Waals surface area contributed by atoms with Gasteiger partial charge in [0.15, 0.2) is 0 Å². The number of carbonyl (C=O) groups is 1.